The highest BCUT2D eigenvalue weighted by molar-refractivity contribution is 7.17. The van der Waals surface area contributed by atoms with Gasteiger partial charge in [-0.25, -0.2) is 4.98 Å². The molecule has 2 atom stereocenters. The lowest BCUT2D eigenvalue weighted by Crippen LogP contribution is -2.29. The van der Waals surface area contributed by atoms with E-state index in [2.05, 4.69) is 10.1 Å². The maximum atomic E-state index is 13.0. The average molecular weight is 360 g/mol. The van der Waals surface area contributed by atoms with Gasteiger partial charge < -0.3 is 10.0 Å². The van der Waals surface area contributed by atoms with Crippen LogP contribution < -0.4 is 0 Å². The van der Waals surface area contributed by atoms with Gasteiger partial charge in [0.25, 0.3) is 5.91 Å². The van der Waals surface area contributed by atoms with Crippen LogP contribution in [-0.4, -0.2) is 49.7 Å². The molecule has 2 aliphatic rings. The Bertz CT molecular complexity index is 839. The van der Waals surface area contributed by atoms with Gasteiger partial charge in [0.05, 0.1) is 17.8 Å². The Balaban J connectivity index is 1.57. The molecule has 2 aromatic heterocycles. The zero-order valence-electron chi connectivity index (χ0n) is 14.2. The van der Waals surface area contributed by atoms with Crippen LogP contribution >= 0.6 is 11.3 Å². The third-order valence-corrected chi connectivity index (χ3v) is 6.33. The molecule has 1 aliphatic carbocycles. The number of carbonyl (C=O) groups excluding carboxylic acids is 1. The summed E-state index contributed by atoms with van der Waals surface area (Å²) in [4.78, 5) is 31.3. The summed E-state index contributed by atoms with van der Waals surface area (Å²) >= 11 is 1.35. The monoisotopic (exact) mass is 360 g/mol. The number of thiazole rings is 1. The van der Waals surface area contributed by atoms with Gasteiger partial charge in [0.15, 0.2) is 0 Å². The Morgan fingerprint density at radius 2 is 2.08 bits per heavy atom. The first-order valence-electron chi connectivity index (χ1n) is 8.42. The fraction of sp³-hybridized carbons (Fsp3) is 0.529. The van der Waals surface area contributed by atoms with Crippen LogP contribution in [-0.2, 0) is 11.8 Å². The molecule has 0 spiro atoms. The van der Waals surface area contributed by atoms with Gasteiger partial charge in [0.1, 0.15) is 9.88 Å². The van der Waals surface area contributed by atoms with Crippen molar-refractivity contribution in [1.82, 2.24) is 19.7 Å². The molecule has 0 radical (unpaired) electrons. The van der Waals surface area contributed by atoms with Crippen molar-refractivity contribution in [3.63, 3.8) is 0 Å². The topological polar surface area (TPSA) is 88.3 Å². The van der Waals surface area contributed by atoms with Crippen LogP contribution in [0.3, 0.4) is 0 Å². The van der Waals surface area contributed by atoms with Crippen LogP contribution in [0.1, 0.15) is 28.2 Å². The molecule has 8 heteroatoms. The largest absolute Gasteiger partial charge is 0.481 e. The molecule has 7 nitrogen and oxygen atoms in total. The Labute approximate surface area is 149 Å². The van der Waals surface area contributed by atoms with E-state index < -0.39 is 11.9 Å². The quantitative estimate of drug-likeness (QED) is 0.901. The molecule has 0 unspecified atom stereocenters. The second-order valence-corrected chi connectivity index (χ2v) is 7.99. The summed E-state index contributed by atoms with van der Waals surface area (Å²) < 4.78 is 1.70. The van der Waals surface area contributed by atoms with Gasteiger partial charge in [-0.15, -0.1) is 11.3 Å². The number of carboxylic acid groups (broad SMARTS) is 1. The van der Waals surface area contributed by atoms with Crippen molar-refractivity contribution in [3.05, 3.63) is 23.0 Å². The van der Waals surface area contributed by atoms with E-state index in [1.54, 1.807) is 15.8 Å². The normalized spacial score (nSPS) is 23.2. The minimum Gasteiger partial charge on any atom is -0.481 e. The number of likely N-dealkylation sites (tertiary alicyclic amines) is 1. The van der Waals surface area contributed by atoms with Crippen LogP contribution in [0.5, 0.6) is 0 Å². The molecule has 2 fully saturated rings. The highest BCUT2D eigenvalue weighted by atomic mass is 32.1. The van der Waals surface area contributed by atoms with Crippen LogP contribution in [0.25, 0.3) is 10.6 Å². The minimum atomic E-state index is -0.788. The number of rotatable bonds is 4. The molecule has 1 saturated carbocycles. The molecule has 3 heterocycles. The lowest BCUT2D eigenvalue weighted by atomic mass is 9.92. The first kappa shape index (κ1) is 16.3. The van der Waals surface area contributed by atoms with Crippen molar-refractivity contribution >= 4 is 23.2 Å². The summed E-state index contributed by atoms with van der Waals surface area (Å²) in [5, 5.41) is 14.4. The van der Waals surface area contributed by atoms with E-state index in [0.29, 0.717) is 29.6 Å². The number of aromatic nitrogens is 3. The van der Waals surface area contributed by atoms with Crippen molar-refractivity contribution in [2.24, 2.45) is 24.8 Å². The Hall–Kier alpha value is -2.22. The second kappa shape index (κ2) is 5.94. The van der Waals surface area contributed by atoms with E-state index in [9.17, 15) is 14.7 Å². The van der Waals surface area contributed by atoms with Gasteiger partial charge in [-0.2, -0.15) is 5.10 Å². The van der Waals surface area contributed by atoms with E-state index in [1.165, 1.54) is 11.3 Å². The number of carbonyl (C=O) groups is 2. The number of hydrogen-bond acceptors (Lipinski definition) is 5. The summed E-state index contributed by atoms with van der Waals surface area (Å²) in [6, 6.07) is 0. The number of aryl methyl sites for hydroxylation is 2. The van der Waals surface area contributed by atoms with Gasteiger partial charge in [0.2, 0.25) is 0 Å². The molecular formula is C17H20N4O3S. The summed E-state index contributed by atoms with van der Waals surface area (Å²) in [6.45, 7) is 2.67. The van der Waals surface area contributed by atoms with Crippen LogP contribution in [0.2, 0.25) is 0 Å². The van der Waals surface area contributed by atoms with E-state index in [4.69, 9.17) is 0 Å². The highest BCUT2D eigenvalue weighted by Gasteiger charge is 2.47. The molecule has 1 aliphatic heterocycles. The maximum Gasteiger partial charge on any atom is 0.308 e. The fourth-order valence-corrected chi connectivity index (χ4v) is 4.66. The molecule has 2 aromatic rings. The van der Waals surface area contributed by atoms with Crippen molar-refractivity contribution in [1.29, 1.82) is 0 Å². The zero-order chi connectivity index (χ0) is 17.7. The third-order valence-electron chi connectivity index (χ3n) is 5.14. The molecule has 0 bridgehead atoms. The summed E-state index contributed by atoms with van der Waals surface area (Å²) in [5.41, 5.74) is 1.57. The van der Waals surface area contributed by atoms with Gasteiger partial charge in [0, 0.05) is 31.9 Å². The SMILES string of the molecule is Cc1nc(-c2cnn(C)c2)sc1C(=O)N1C[C@H](C(=O)O)[C@@H](C2CC2)C1. The Morgan fingerprint density at radius 3 is 2.68 bits per heavy atom. The lowest BCUT2D eigenvalue weighted by molar-refractivity contribution is -0.142. The minimum absolute atomic E-state index is 0.0903. The van der Waals surface area contributed by atoms with Crippen LogP contribution in [0, 0.1) is 24.7 Å². The molecule has 25 heavy (non-hydrogen) atoms. The predicted molar refractivity (Wildman–Crippen MR) is 92.3 cm³/mol. The maximum absolute atomic E-state index is 13.0. The van der Waals surface area contributed by atoms with Crippen molar-refractivity contribution in [3.8, 4) is 10.6 Å². The molecule has 1 amide bonds. The fourth-order valence-electron chi connectivity index (χ4n) is 3.65. The molecular weight excluding hydrogens is 340 g/mol. The van der Waals surface area contributed by atoms with E-state index >= 15 is 0 Å². The first-order valence-corrected chi connectivity index (χ1v) is 9.24. The predicted octanol–water partition coefficient (Wildman–Crippen LogP) is 2.03. The summed E-state index contributed by atoms with van der Waals surface area (Å²) in [5.74, 6) is -0.772. The van der Waals surface area contributed by atoms with Gasteiger partial charge in [-0.05, 0) is 31.6 Å². The highest BCUT2D eigenvalue weighted by Crippen LogP contribution is 2.44. The van der Waals surface area contributed by atoms with E-state index in [-0.39, 0.29) is 11.8 Å². The van der Waals surface area contributed by atoms with Crippen molar-refractivity contribution in [2.75, 3.05) is 13.1 Å². The summed E-state index contributed by atoms with van der Waals surface area (Å²) in [7, 11) is 1.84. The number of hydrogen-bond donors (Lipinski definition) is 1. The first-order chi connectivity index (χ1) is 11.9. The molecule has 132 valence electrons. The molecule has 1 N–H and O–H groups in total. The van der Waals surface area contributed by atoms with Crippen LogP contribution in [0.15, 0.2) is 12.4 Å². The van der Waals surface area contributed by atoms with Gasteiger partial charge in [-0.1, -0.05) is 0 Å². The van der Waals surface area contributed by atoms with E-state index in [0.717, 1.165) is 23.4 Å². The van der Waals surface area contributed by atoms with E-state index in [1.807, 2.05) is 20.2 Å². The summed E-state index contributed by atoms with van der Waals surface area (Å²) in [6.07, 6.45) is 5.76. The number of amides is 1. The number of nitrogens with zero attached hydrogens (tertiary/aromatic N) is 4. The third kappa shape index (κ3) is 2.95. The Morgan fingerprint density at radius 1 is 1.32 bits per heavy atom. The standard InChI is InChI=1S/C17H20N4O3S/c1-9-14(25-15(19-9)11-5-18-20(2)6-11)16(22)21-7-12(10-3-4-10)13(8-21)17(23)24/h5-6,10,12-13H,3-4,7-8H2,1-2H3,(H,23,24)/t12-,13+/m1/s1. The average Bonchev–Trinajstić information content (AvgIpc) is 2.99. The van der Waals surface area contributed by atoms with Gasteiger partial charge >= 0.3 is 5.97 Å². The molecule has 4 rings (SSSR count). The Kier molecular flexibility index (Phi) is 3.87. The zero-order valence-corrected chi connectivity index (χ0v) is 15.0. The smallest absolute Gasteiger partial charge is 0.308 e. The molecule has 0 aromatic carbocycles. The molecule has 1 saturated heterocycles. The van der Waals surface area contributed by atoms with Crippen molar-refractivity contribution < 1.29 is 14.7 Å². The lowest BCUT2D eigenvalue weighted by Gasteiger charge is -2.15. The van der Waals surface area contributed by atoms with Crippen molar-refractivity contribution in [2.45, 2.75) is 19.8 Å². The number of aliphatic carboxylic acids is 1. The number of carboxylic acids is 1. The van der Waals surface area contributed by atoms with Crippen LogP contribution in [0.4, 0.5) is 0 Å². The second-order valence-electron chi connectivity index (χ2n) is 6.99. The van der Waals surface area contributed by atoms with Gasteiger partial charge in [-0.3, -0.25) is 14.3 Å².